The molecule has 4 rings (SSSR count). The first kappa shape index (κ1) is 17.2. The molecule has 3 aromatic heterocycles. The third-order valence-corrected chi connectivity index (χ3v) is 4.66. The molecule has 140 valence electrons. The molecule has 1 aliphatic rings. The Morgan fingerprint density at radius 2 is 2.11 bits per heavy atom. The van der Waals surface area contributed by atoms with Gasteiger partial charge in [0, 0.05) is 31.9 Å². The van der Waals surface area contributed by atoms with E-state index in [1.807, 2.05) is 23.9 Å². The summed E-state index contributed by atoms with van der Waals surface area (Å²) in [4.78, 5) is 30.0. The van der Waals surface area contributed by atoms with Gasteiger partial charge < -0.3 is 10.0 Å². The van der Waals surface area contributed by atoms with Crippen LogP contribution in [-0.4, -0.2) is 52.8 Å². The Balaban J connectivity index is 1.57. The van der Waals surface area contributed by atoms with Crippen LogP contribution in [0.2, 0.25) is 0 Å². The minimum Gasteiger partial charge on any atom is -0.481 e. The predicted octanol–water partition coefficient (Wildman–Crippen LogP) is 1.30. The number of carboxylic acids is 1. The van der Waals surface area contributed by atoms with Crippen molar-refractivity contribution in [3.63, 3.8) is 0 Å². The zero-order valence-corrected chi connectivity index (χ0v) is 15.0. The number of aryl methyl sites for hydroxylation is 3. The van der Waals surface area contributed by atoms with Gasteiger partial charge in [0.25, 0.3) is 5.91 Å². The van der Waals surface area contributed by atoms with Crippen LogP contribution in [-0.2, 0) is 24.3 Å². The SMILES string of the molecule is Cc1cnc2c(C(=O)N3CCCn4nc(CCC(=O)O)cc4C3)cnn2c1. The zero-order valence-electron chi connectivity index (χ0n) is 15.0. The van der Waals surface area contributed by atoms with Gasteiger partial charge in [-0.1, -0.05) is 0 Å². The van der Waals surface area contributed by atoms with Gasteiger partial charge in [0.1, 0.15) is 5.56 Å². The van der Waals surface area contributed by atoms with Crippen LogP contribution in [0.4, 0.5) is 0 Å². The summed E-state index contributed by atoms with van der Waals surface area (Å²) in [6.45, 7) is 3.68. The van der Waals surface area contributed by atoms with Crippen molar-refractivity contribution in [3.05, 3.63) is 47.2 Å². The van der Waals surface area contributed by atoms with E-state index in [-0.39, 0.29) is 12.3 Å². The van der Waals surface area contributed by atoms with Crippen LogP contribution in [0.15, 0.2) is 24.7 Å². The van der Waals surface area contributed by atoms with Gasteiger partial charge >= 0.3 is 5.97 Å². The van der Waals surface area contributed by atoms with E-state index < -0.39 is 5.97 Å². The maximum Gasteiger partial charge on any atom is 0.303 e. The third-order valence-electron chi connectivity index (χ3n) is 4.66. The molecule has 0 saturated heterocycles. The minimum absolute atomic E-state index is 0.0482. The molecule has 0 atom stereocenters. The highest BCUT2D eigenvalue weighted by atomic mass is 16.4. The number of hydrogen-bond donors (Lipinski definition) is 1. The van der Waals surface area contributed by atoms with E-state index in [1.54, 1.807) is 21.8 Å². The number of aromatic nitrogens is 5. The molecule has 1 amide bonds. The summed E-state index contributed by atoms with van der Waals surface area (Å²) in [6.07, 6.45) is 6.34. The fraction of sp³-hybridized carbons (Fsp3) is 0.389. The average molecular weight is 368 g/mol. The van der Waals surface area contributed by atoms with Crippen LogP contribution in [0.3, 0.4) is 0 Å². The van der Waals surface area contributed by atoms with Crippen molar-refractivity contribution < 1.29 is 14.7 Å². The summed E-state index contributed by atoms with van der Waals surface area (Å²) >= 11 is 0. The van der Waals surface area contributed by atoms with Crippen molar-refractivity contribution in [2.24, 2.45) is 0 Å². The number of amides is 1. The Morgan fingerprint density at radius 1 is 1.26 bits per heavy atom. The summed E-state index contributed by atoms with van der Waals surface area (Å²) in [5.74, 6) is -0.950. The number of hydrogen-bond acceptors (Lipinski definition) is 5. The molecule has 1 aliphatic heterocycles. The molecule has 0 saturated carbocycles. The third kappa shape index (κ3) is 3.40. The highest BCUT2D eigenvalue weighted by Crippen LogP contribution is 2.19. The van der Waals surface area contributed by atoms with Crippen molar-refractivity contribution in [1.29, 1.82) is 0 Å². The standard InChI is InChI=1S/C18H20N6O3/c1-12-8-19-17-15(9-20-24(17)10-12)18(27)22-5-2-6-23-14(11-22)7-13(21-23)3-4-16(25)26/h7-10H,2-6,11H2,1H3,(H,25,26). The number of carboxylic acid groups (broad SMARTS) is 1. The zero-order chi connectivity index (χ0) is 19.0. The van der Waals surface area contributed by atoms with Crippen LogP contribution in [0, 0.1) is 6.92 Å². The lowest BCUT2D eigenvalue weighted by Gasteiger charge is -2.19. The van der Waals surface area contributed by atoms with Gasteiger partial charge in [-0.25, -0.2) is 9.50 Å². The van der Waals surface area contributed by atoms with Crippen LogP contribution in [0.25, 0.3) is 5.65 Å². The molecule has 0 aromatic carbocycles. The first-order valence-corrected chi connectivity index (χ1v) is 8.88. The van der Waals surface area contributed by atoms with Crippen LogP contribution in [0.5, 0.6) is 0 Å². The van der Waals surface area contributed by atoms with E-state index in [9.17, 15) is 9.59 Å². The monoisotopic (exact) mass is 368 g/mol. The second kappa shape index (κ2) is 6.82. The number of carbonyl (C=O) groups is 2. The lowest BCUT2D eigenvalue weighted by Crippen LogP contribution is -2.30. The van der Waals surface area contributed by atoms with Gasteiger partial charge in [-0.15, -0.1) is 0 Å². The number of aliphatic carboxylic acids is 1. The molecular formula is C18H20N6O3. The molecule has 0 bridgehead atoms. The highest BCUT2D eigenvalue weighted by Gasteiger charge is 2.24. The molecule has 9 nitrogen and oxygen atoms in total. The maximum absolute atomic E-state index is 13.1. The van der Waals surface area contributed by atoms with Crippen molar-refractivity contribution in [1.82, 2.24) is 29.3 Å². The summed E-state index contributed by atoms with van der Waals surface area (Å²) < 4.78 is 3.50. The first-order valence-electron chi connectivity index (χ1n) is 8.88. The Kier molecular flexibility index (Phi) is 4.35. The number of carbonyl (C=O) groups excluding carboxylic acids is 1. The quantitative estimate of drug-likeness (QED) is 0.744. The van der Waals surface area contributed by atoms with Crippen LogP contribution >= 0.6 is 0 Å². The van der Waals surface area contributed by atoms with E-state index in [4.69, 9.17) is 5.11 Å². The summed E-state index contributed by atoms with van der Waals surface area (Å²) in [7, 11) is 0. The lowest BCUT2D eigenvalue weighted by atomic mass is 10.2. The van der Waals surface area contributed by atoms with Gasteiger partial charge in [0.05, 0.1) is 30.6 Å². The summed E-state index contributed by atoms with van der Waals surface area (Å²) in [5, 5.41) is 17.6. The van der Waals surface area contributed by atoms with Gasteiger partial charge in [-0.3, -0.25) is 14.3 Å². The maximum atomic E-state index is 13.1. The van der Waals surface area contributed by atoms with Gasteiger partial charge in [-0.2, -0.15) is 10.2 Å². The molecule has 0 fully saturated rings. The smallest absolute Gasteiger partial charge is 0.303 e. The molecule has 0 aliphatic carbocycles. The normalized spacial score (nSPS) is 14.2. The molecule has 0 spiro atoms. The molecular weight excluding hydrogens is 348 g/mol. The van der Waals surface area contributed by atoms with Gasteiger partial charge in [-0.05, 0) is 25.0 Å². The van der Waals surface area contributed by atoms with E-state index in [1.165, 1.54) is 0 Å². The summed E-state index contributed by atoms with van der Waals surface area (Å²) in [6, 6.07) is 1.90. The van der Waals surface area contributed by atoms with Crippen molar-refractivity contribution in [3.8, 4) is 0 Å². The van der Waals surface area contributed by atoms with Crippen molar-refractivity contribution in [2.75, 3.05) is 6.54 Å². The molecule has 9 heteroatoms. The fourth-order valence-electron chi connectivity index (χ4n) is 3.34. The molecule has 4 heterocycles. The van der Waals surface area contributed by atoms with Gasteiger partial charge in [0.15, 0.2) is 5.65 Å². The second-order valence-corrected chi connectivity index (χ2v) is 6.78. The number of fused-ring (bicyclic) bond motifs is 2. The number of nitrogens with zero attached hydrogens (tertiary/aromatic N) is 6. The van der Waals surface area contributed by atoms with E-state index in [0.29, 0.717) is 37.3 Å². The molecule has 0 unspecified atom stereocenters. The van der Waals surface area contributed by atoms with E-state index in [2.05, 4.69) is 15.2 Å². The van der Waals surface area contributed by atoms with E-state index >= 15 is 0 Å². The highest BCUT2D eigenvalue weighted by molar-refractivity contribution is 5.99. The van der Waals surface area contributed by atoms with Gasteiger partial charge in [0.2, 0.25) is 0 Å². The minimum atomic E-state index is -0.842. The Bertz CT molecular complexity index is 1020. The van der Waals surface area contributed by atoms with E-state index in [0.717, 1.165) is 23.4 Å². The Hall–Kier alpha value is -3.23. The average Bonchev–Trinajstić information content (AvgIpc) is 3.17. The molecule has 3 aromatic rings. The Morgan fingerprint density at radius 3 is 2.93 bits per heavy atom. The predicted molar refractivity (Wildman–Crippen MR) is 95.3 cm³/mol. The Labute approximate surface area is 155 Å². The fourth-order valence-corrected chi connectivity index (χ4v) is 3.34. The van der Waals surface area contributed by atoms with Crippen molar-refractivity contribution >= 4 is 17.5 Å². The largest absolute Gasteiger partial charge is 0.481 e. The second-order valence-electron chi connectivity index (χ2n) is 6.78. The van der Waals surface area contributed by atoms with Crippen LogP contribution < -0.4 is 0 Å². The van der Waals surface area contributed by atoms with Crippen molar-refractivity contribution in [2.45, 2.75) is 39.3 Å². The topological polar surface area (TPSA) is 106 Å². The molecule has 27 heavy (non-hydrogen) atoms. The molecule has 1 N–H and O–H groups in total. The first-order chi connectivity index (χ1) is 13.0. The number of rotatable bonds is 4. The molecule has 0 radical (unpaired) electrons. The lowest BCUT2D eigenvalue weighted by molar-refractivity contribution is -0.136. The van der Waals surface area contributed by atoms with Crippen LogP contribution in [0.1, 0.15) is 40.2 Å². The summed E-state index contributed by atoms with van der Waals surface area (Å²) in [5.41, 5.74) is 3.66.